The molecular weight excluding hydrogens is 838 g/mol. The van der Waals surface area contributed by atoms with E-state index < -0.39 is 114 Å². The molecule has 17 nitrogen and oxygen atoms in total. The van der Waals surface area contributed by atoms with Crippen LogP contribution < -0.4 is 9.08 Å². The molecule has 3 saturated heterocycles. The van der Waals surface area contributed by atoms with Crippen LogP contribution in [0.4, 0.5) is 10.1 Å². The third-order valence-electron chi connectivity index (χ3n) is 11.5. The smallest absolute Gasteiger partial charge is 0.311 e. The van der Waals surface area contributed by atoms with Crippen molar-refractivity contribution in [3.8, 4) is 22.6 Å². The predicted molar refractivity (Wildman–Crippen MR) is 215 cm³/mol. The Bertz CT molecular complexity index is 2250. The van der Waals surface area contributed by atoms with Crippen LogP contribution in [0.2, 0.25) is 0 Å². The number of benzene rings is 4. The summed E-state index contributed by atoms with van der Waals surface area (Å²) in [6.45, 7) is -1.62. The van der Waals surface area contributed by atoms with Gasteiger partial charge in [-0.2, -0.15) is 8.42 Å². The fourth-order valence-corrected chi connectivity index (χ4v) is 9.26. The van der Waals surface area contributed by atoms with Gasteiger partial charge in [0.15, 0.2) is 6.29 Å². The number of anilines is 1. The third-order valence-corrected chi connectivity index (χ3v) is 12.7. The lowest BCUT2D eigenvalue weighted by molar-refractivity contribution is -0.341. The Morgan fingerprint density at radius 1 is 0.742 bits per heavy atom. The van der Waals surface area contributed by atoms with Crippen molar-refractivity contribution in [3.63, 3.8) is 0 Å². The van der Waals surface area contributed by atoms with E-state index in [9.17, 15) is 63.6 Å². The molecule has 3 aliphatic heterocycles. The van der Waals surface area contributed by atoms with E-state index in [0.29, 0.717) is 27.9 Å². The number of carbonyl (C=O) groups is 1. The van der Waals surface area contributed by atoms with Crippen LogP contribution in [0.1, 0.15) is 36.1 Å². The molecule has 4 aromatic rings. The molecule has 3 fully saturated rings. The highest BCUT2D eigenvalue weighted by molar-refractivity contribution is 7.87. The molecule has 7 rings (SSSR count). The van der Waals surface area contributed by atoms with Gasteiger partial charge >= 0.3 is 10.1 Å². The summed E-state index contributed by atoms with van der Waals surface area (Å²) in [7, 11) is -4.54. The standard InChI is InChI=1S/C43H48FNO16S/c44-25-11-6-23(7-12-25)30(48)17-16-29-35(45(42(29)55)26-4-2-1-3-5-26)28-15-10-24(18-31(28)49)22-8-13-27(14-9-22)61-62(56,57)21-34-37(51)39(53)41(33(20-47)58-34)60-43-40(54)38(52)36(50)32(19-46)59-43/h1-15,18,29-30,32-41,43,46-54H,16-17,19-21H2/t29-,30+,32-,33-,34+,35-,36-,37+,38+,39-,40-,41?,43+/m1/s1. The number of amides is 1. The summed E-state index contributed by atoms with van der Waals surface area (Å²) >= 11 is 0. The summed E-state index contributed by atoms with van der Waals surface area (Å²) in [5.41, 5.74) is 2.72. The van der Waals surface area contributed by atoms with E-state index in [2.05, 4.69) is 0 Å². The summed E-state index contributed by atoms with van der Waals surface area (Å²) in [6, 6.07) is 24.6. The SMILES string of the molecule is O=C1[C@H](CC[C@H](O)c2ccc(F)cc2)[C@@H](c2ccc(-c3ccc(OS(=O)(=O)C[C@@H]4O[C@H](CO)C(O[C@@H]5O[C@H](CO)[C@@H](O)[C@H](O)[C@H]5O)[C@H](O)[C@H]4O)cc3)cc2O)N1c1ccccc1. The van der Waals surface area contributed by atoms with E-state index in [0.717, 1.165) is 0 Å². The van der Waals surface area contributed by atoms with Gasteiger partial charge in [-0.25, -0.2) is 4.39 Å². The quantitative estimate of drug-likeness (QED) is 0.0590. The minimum atomic E-state index is -4.54. The molecule has 3 heterocycles. The van der Waals surface area contributed by atoms with Crippen LogP contribution in [-0.2, 0) is 29.1 Å². The monoisotopic (exact) mass is 885 g/mol. The third kappa shape index (κ3) is 9.49. The summed E-state index contributed by atoms with van der Waals surface area (Å²) in [4.78, 5) is 15.1. The van der Waals surface area contributed by atoms with Crippen molar-refractivity contribution in [1.29, 1.82) is 0 Å². The second kappa shape index (κ2) is 19.0. The molecule has 9 N–H and O–H groups in total. The van der Waals surface area contributed by atoms with E-state index in [4.69, 9.17) is 18.4 Å². The van der Waals surface area contributed by atoms with E-state index in [1.165, 1.54) is 42.5 Å². The summed E-state index contributed by atoms with van der Waals surface area (Å²) in [6.07, 6.45) is -17.5. The molecule has 62 heavy (non-hydrogen) atoms. The Morgan fingerprint density at radius 3 is 2.03 bits per heavy atom. The van der Waals surface area contributed by atoms with E-state index >= 15 is 0 Å². The van der Waals surface area contributed by atoms with E-state index in [1.54, 1.807) is 53.4 Å². The lowest BCUT2D eigenvalue weighted by atomic mass is 9.77. The van der Waals surface area contributed by atoms with E-state index in [1.807, 2.05) is 6.07 Å². The maximum Gasteiger partial charge on any atom is 0.311 e. The average molecular weight is 886 g/mol. The maximum atomic E-state index is 13.5. The lowest BCUT2D eigenvalue weighted by Gasteiger charge is -2.48. The van der Waals surface area contributed by atoms with Crippen molar-refractivity contribution in [2.45, 2.75) is 86.2 Å². The van der Waals surface area contributed by atoms with Crippen LogP contribution in [-0.4, -0.2) is 140 Å². The molecule has 0 aromatic heterocycles. The summed E-state index contributed by atoms with van der Waals surface area (Å²) in [5.74, 6) is -2.41. The first-order valence-corrected chi connectivity index (χ1v) is 21.4. The molecule has 0 aliphatic carbocycles. The second-order valence-electron chi connectivity index (χ2n) is 15.5. The highest BCUT2D eigenvalue weighted by atomic mass is 32.2. The van der Waals surface area contributed by atoms with Gasteiger partial charge in [-0.05, 0) is 72.0 Å². The fraction of sp³-hybridized carbons (Fsp3) is 0.419. The first kappa shape index (κ1) is 45.4. The van der Waals surface area contributed by atoms with Crippen molar-refractivity contribution in [2.24, 2.45) is 5.92 Å². The number of rotatable bonds is 15. The maximum absolute atomic E-state index is 13.5. The van der Waals surface area contributed by atoms with Crippen molar-refractivity contribution < 1.29 is 82.0 Å². The van der Waals surface area contributed by atoms with Gasteiger partial charge < -0.3 is 69.3 Å². The largest absolute Gasteiger partial charge is 0.508 e. The van der Waals surface area contributed by atoms with Crippen LogP contribution >= 0.6 is 0 Å². The number of halogens is 1. The van der Waals surface area contributed by atoms with Gasteiger partial charge in [-0.15, -0.1) is 0 Å². The van der Waals surface area contributed by atoms with E-state index in [-0.39, 0.29) is 30.2 Å². The molecule has 0 radical (unpaired) electrons. The zero-order chi connectivity index (χ0) is 44.5. The number of β-lactam (4-membered cyclic amide) rings is 1. The Kier molecular flexibility index (Phi) is 13.9. The van der Waals surface area contributed by atoms with Gasteiger partial charge in [0.2, 0.25) is 5.91 Å². The van der Waals surface area contributed by atoms with Gasteiger partial charge in [0.1, 0.15) is 78.0 Å². The van der Waals surface area contributed by atoms with Crippen LogP contribution in [0.25, 0.3) is 11.1 Å². The Morgan fingerprint density at radius 2 is 1.39 bits per heavy atom. The Labute approximate surface area is 355 Å². The molecule has 13 atom stereocenters. The number of hydrogen-bond donors (Lipinski definition) is 9. The summed E-state index contributed by atoms with van der Waals surface area (Å²) in [5, 5.41) is 93.9. The number of ether oxygens (including phenoxy) is 3. The van der Waals surface area contributed by atoms with Gasteiger partial charge in [-0.1, -0.05) is 54.6 Å². The Balaban J connectivity index is 1.00. The molecule has 0 saturated carbocycles. The molecule has 4 aromatic carbocycles. The van der Waals surface area contributed by atoms with Crippen molar-refractivity contribution in [1.82, 2.24) is 0 Å². The highest BCUT2D eigenvalue weighted by Gasteiger charge is 2.52. The first-order chi connectivity index (χ1) is 29.6. The number of hydrogen-bond acceptors (Lipinski definition) is 16. The average Bonchev–Trinajstić information content (AvgIpc) is 3.26. The van der Waals surface area contributed by atoms with Crippen LogP contribution in [0.3, 0.4) is 0 Å². The Hall–Kier alpha value is -4.61. The molecule has 0 bridgehead atoms. The van der Waals surface area contributed by atoms with Crippen LogP contribution in [0.15, 0.2) is 97.1 Å². The second-order valence-corrected chi connectivity index (χ2v) is 17.1. The molecule has 3 aliphatic rings. The van der Waals surface area contributed by atoms with Gasteiger partial charge in [0.05, 0.1) is 31.3 Å². The number of aliphatic hydroxyl groups excluding tert-OH is 8. The van der Waals surface area contributed by atoms with Crippen LogP contribution in [0.5, 0.6) is 11.5 Å². The topological polar surface area (TPSA) is 273 Å². The molecule has 1 unspecified atom stereocenters. The normalized spacial score (nSPS) is 30.7. The van der Waals surface area contributed by atoms with Crippen molar-refractivity contribution >= 4 is 21.7 Å². The molecular formula is C43H48FNO16S. The number of phenolic OH excluding ortho intramolecular Hbond substituents is 1. The van der Waals surface area contributed by atoms with Crippen molar-refractivity contribution in [2.75, 3.05) is 23.9 Å². The van der Waals surface area contributed by atoms with Gasteiger partial charge in [0, 0.05) is 11.3 Å². The van der Waals surface area contributed by atoms with Crippen molar-refractivity contribution in [3.05, 3.63) is 114 Å². The predicted octanol–water partition coefficient (Wildman–Crippen LogP) is 0.791. The highest BCUT2D eigenvalue weighted by Crippen LogP contribution is 2.49. The van der Waals surface area contributed by atoms with Crippen LogP contribution in [0, 0.1) is 11.7 Å². The minimum Gasteiger partial charge on any atom is -0.508 e. The molecule has 1 amide bonds. The molecule has 19 heteroatoms. The van der Waals surface area contributed by atoms with Gasteiger partial charge in [-0.3, -0.25) is 4.79 Å². The lowest BCUT2D eigenvalue weighted by Crippen LogP contribution is -2.65. The van der Waals surface area contributed by atoms with Gasteiger partial charge in [0.25, 0.3) is 0 Å². The number of para-hydroxylation sites is 1. The number of nitrogens with zero attached hydrogens (tertiary/aromatic N) is 1. The number of carbonyl (C=O) groups excluding carboxylic acids is 1. The number of aliphatic hydroxyl groups is 8. The first-order valence-electron chi connectivity index (χ1n) is 19.9. The number of aromatic hydroxyl groups is 1. The number of phenols is 1. The molecule has 0 spiro atoms. The summed E-state index contributed by atoms with van der Waals surface area (Å²) < 4.78 is 61.4. The minimum absolute atomic E-state index is 0.108. The zero-order valence-corrected chi connectivity index (χ0v) is 33.7. The molecule has 334 valence electrons. The fourth-order valence-electron chi connectivity index (χ4n) is 8.11. The zero-order valence-electron chi connectivity index (χ0n) is 32.9.